The number of benzene rings is 1. The van der Waals surface area contributed by atoms with Crippen LogP contribution >= 0.6 is 0 Å². The van der Waals surface area contributed by atoms with Crippen LogP contribution < -0.4 is 4.90 Å². The second kappa shape index (κ2) is 9.59. The summed E-state index contributed by atoms with van der Waals surface area (Å²) in [4.78, 5) is 14.1. The van der Waals surface area contributed by atoms with Crippen molar-refractivity contribution in [2.24, 2.45) is 4.99 Å². The Bertz CT molecular complexity index is 1050. The summed E-state index contributed by atoms with van der Waals surface area (Å²) in [5.41, 5.74) is 3.58. The number of piperazine rings is 1. The zero-order chi connectivity index (χ0) is 22.7. The maximum absolute atomic E-state index is 10.9. The van der Waals surface area contributed by atoms with Crippen molar-refractivity contribution in [1.82, 2.24) is 9.88 Å². The summed E-state index contributed by atoms with van der Waals surface area (Å²) in [7, 11) is 0. The summed E-state index contributed by atoms with van der Waals surface area (Å²) in [6.45, 7) is 7.34. The Hall–Kier alpha value is -2.80. The smallest absolute Gasteiger partial charge is 0.128 e. The van der Waals surface area contributed by atoms with E-state index in [0.29, 0.717) is 32.1 Å². The Morgan fingerprint density at radius 1 is 1.00 bits per heavy atom. The van der Waals surface area contributed by atoms with E-state index in [2.05, 4.69) is 58.1 Å². The zero-order valence-electron chi connectivity index (χ0n) is 19.2. The summed E-state index contributed by atoms with van der Waals surface area (Å²) in [6.07, 6.45) is 13.1. The number of aromatic nitrogens is 1. The number of allylic oxidation sites excluding steroid dienone is 3. The Morgan fingerprint density at radius 2 is 1.82 bits per heavy atom. The fourth-order valence-corrected chi connectivity index (χ4v) is 4.88. The molecule has 1 aromatic carbocycles. The summed E-state index contributed by atoms with van der Waals surface area (Å²) in [5.74, 6) is 0.985. The van der Waals surface area contributed by atoms with E-state index in [1.54, 1.807) is 0 Å². The molecule has 5 rings (SSSR count). The molecule has 0 aliphatic carbocycles. The van der Waals surface area contributed by atoms with E-state index in [-0.39, 0.29) is 0 Å². The minimum absolute atomic E-state index is 0.342. The van der Waals surface area contributed by atoms with Crippen molar-refractivity contribution in [1.29, 1.82) is 0 Å². The third kappa shape index (κ3) is 4.78. The molecular formula is C27H32N4O2. The van der Waals surface area contributed by atoms with E-state index in [1.165, 1.54) is 5.56 Å². The van der Waals surface area contributed by atoms with Gasteiger partial charge in [0.2, 0.25) is 0 Å². The predicted octanol–water partition coefficient (Wildman–Crippen LogP) is 4.25. The molecule has 172 valence electrons. The first kappa shape index (κ1) is 22.0. The lowest BCUT2D eigenvalue weighted by Gasteiger charge is -2.39. The van der Waals surface area contributed by atoms with E-state index in [4.69, 9.17) is 9.72 Å². The molecule has 2 saturated heterocycles. The molecule has 1 aromatic heterocycles. The van der Waals surface area contributed by atoms with E-state index in [0.717, 1.165) is 48.8 Å². The standard InChI is InChI=1S/C27H32N4O2/c1-21(22-6-8-25-23(19-22)5-3-2-4-12-28-25)30-13-15-31(16-14-30)26-9-7-24(20-29-26)27(32)10-17-33-18-11-27/h2-9,12,19-21,32H,10-11,13-18H2,1H3/b3-2?,4-2+,5-3+,12-4?,23-5?,28-12?,28-25?. The number of hydrogen-bond donors (Lipinski definition) is 1. The summed E-state index contributed by atoms with van der Waals surface area (Å²) in [5, 5.41) is 10.9. The SMILES string of the molecule is CC(c1ccc2c(c1)/C=C/C=C/C=N2)N1CCN(c2ccc(C3(O)CCOCC3)cn2)CC1. The first-order valence-electron chi connectivity index (χ1n) is 11.9. The number of pyridine rings is 1. The van der Waals surface area contributed by atoms with Gasteiger partial charge < -0.3 is 14.7 Å². The highest BCUT2D eigenvalue weighted by Crippen LogP contribution is 2.33. The van der Waals surface area contributed by atoms with Crippen LogP contribution in [0.1, 0.15) is 42.5 Å². The van der Waals surface area contributed by atoms with Gasteiger partial charge in [-0.3, -0.25) is 9.89 Å². The molecule has 1 atom stereocenters. The molecule has 33 heavy (non-hydrogen) atoms. The van der Waals surface area contributed by atoms with Crippen molar-refractivity contribution in [3.63, 3.8) is 0 Å². The fraction of sp³-hybridized carbons (Fsp3) is 0.407. The monoisotopic (exact) mass is 444 g/mol. The normalized spacial score (nSPS) is 23.3. The fourth-order valence-electron chi connectivity index (χ4n) is 4.88. The zero-order valence-corrected chi connectivity index (χ0v) is 19.2. The molecule has 1 unspecified atom stereocenters. The highest BCUT2D eigenvalue weighted by molar-refractivity contribution is 5.79. The van der Waals surface area contributed by atoms with Gasteiger partial charge in [-0.15, -0.1) is 0 Å². The van der Waals surface area contributed by atoms with Gasteiger partial charge in [0.05, 0.1) is 11.3 Å². The summed E-state index contributed by atoms with van der Waals surface area (Å²) in [6, 6.07) is 11.0. The number of rotatable bonds is 4. The molecule has 0 spiro atoms. The number of aliphatic hydroxyl groups is 1. The molecule has 0 amide bonds. The van der Waals surface area contributed by atoms with Gasteiger partial charge in [0.25, 0.3) is 0 Å². The van der Waals surface area contributed by atoms with Crippen molar-refractivity contribution in [3.8, 4) is 0 Å². The quantitative estimate of drug-likeness (QED) is 0.764. The lowest BCUT2D eigenvalue weighted by molar-refractivity contribution is -0.0680. The van der Waals surface area contributed by atoms with Crippen molar-refractivity contribution in [2.75, 3.05) is 44.3 Å². The molecule has 3 aliphatic heterocycles. The third-order valence-corrected chi connectivity index (χ3v) is 7.12. The average Bonchev–Trinajstić information content (AvgIpc) is 2.85. The molecule has 0 radical (unpaired) electrons. The van der Waals surface area contributed by atoms with Gasteiger partial charge in [0.1, 0.15) is 5.82 Å². The van der Waals surface area contributed by atoms with E-state index < -0.39 is 5.60 Å². The van der Waals surface area contributed by atoms with Crippen LogP contribution in [-0.4, -0.2) is 60.6 Å². The third-order valence-electron chi connectivity index (χ3n) is 7.12. The maximum Gasteiger partial charge on any atom is 0.128 e. The molecular weight excluding hydrogens is 412 g/mol. The number of anilines is 1. The molecule has 6 heteroatoms. The van der Waals surface area contributed by atoms with Gasteiger partial charge in [0.15, 0.2) is 0 Å². The minimum Gasteiger partial charge on any atom is -0.385 e. The molecule has 2 fully saturated rings. The number of aliphatic imine (C=N–C) groups is 1. The van der Waals surface area contributed by atoms with Crippen LogP contribution in [0.5, 0.6) is 0 Å². The van der Waals surface area contributed by atoms with Gasteiger partial charge in [-0.2, -0.15) is 0 Å². The highest BCUT2D eigenvalue weighted by Gasteiger charge is 2.32. The Kier molecular flexibility index (Phi) is 6.40. The van der Waals surface area contributed by atoms with Crippen molar-refractivity contribution >= 4 is 23.8 Å². The van der Waals surface area contributed by atoms with Crippen LogP contribution in [0.4, 0.5) is 11.5 Å². The van der Waals surface area contributed by atoms with Crippen LogP contribution in [0.2, 0.25) is 0 Å². The Labute approximate surface area is 195 Å². The van der Waals surface area contributed by atoms with Crippen molar-refractivity contribution in [3.05, 3.63) is 71.4 Å². The van der Waals surface area contributed by atoms with E-state index >= 15 is 0 Å². The summed E-state index contributed by atoms with van der Waals surface area (Å²) < 4.78 is 5.40. The predicted molar refractivity (Wildman–Crippen MR) is 133 cm³/mol. The number of fused-ring (bicyclic) bond motifs is 1. The molecule has 4 heterocycles. The topological polar surface area (TPSA) is 61.2 Å². The van der Waals surface area contributed by atoms with Gasteiger partial charge in [0, 0.05) is 81.8 Å². The summed E-state index contributed by atoms with van der Waals surface area (Å²) >= 11 is 0. The van der Waals surface area contributed by atoms with Gasteiger partial charge in [-0.25, -0.2) is 4.98 Å². The van der Waals surface area contributed by atoms with Gasteiger partial charge in [-0.1, -0.05) is 30.4 Å². The van der Waals surface area contributed by atoms with Gasteiger partial charge >= 0.3 is 0 Å². The lowest BCUT2D eigenvalue weighted by Crippen LogP contribution is -2.47. The molecule has 0 bridgehead atoms. The number of nitrogens with zero attached hydrogens (tertiary/aromatic N) is 4. The molecule has 6 nitrogen and oxygen atoms in total. The highest BCUT2D eigenvalue weighted by atomic mass is 16.5. The molecule has 0 saturated carbocycles. The Morgan fingerprint density at radius 3 is 2.58 bits per heavy atom. The van der Waals surface area contributed by atoms with E-state index in [1.807, 2.05) is 30.6 Å². The number of hydrogen-bond acceptors (Lipinski definition) is 6. The minimum atomic E-state index is -0.804. The van der Waals surface area contributed by atoms with Gasteiger partial charge in [-0.05, 0) is 36.8 Å². The molecule has 1 N–H and O–H groups in total. The Balaban J connectivity index is 1.22. The molecule has 3 aliphatic rings. The average molecular weight is 445 g/mol. The van der Waals surface area contributed by atoms with Crippen LogP contribution in [0.3, 0.4) is 0 Å². The lowest BCUT2D eigenvalue weighted by atomic mass is 9.87. The number of ether oxygens (including phenoxy) is 1. The maximum atomic E-state index is 10.9. The largest absolute Gasteiger partial charge is 0.385 e. The van der Waals surface area contributed by atoms with Crippen LogP contribution in [0, 0.1) is 0 Å². The van der Waals surface area contributed by atoms with Crippen molar-refractivity contribution in [2.45, 2.75) is 31.4 Å². The van der Waals surface area contributed by atoms with Crippen LogP contribution in [-0.2, 0) is 10.3 Å². The second-order valence-electron chi connectivity index (χ2n) is 9.09. The first-order valence-corrected chi connectivity index (χ1v) is 11.9. The van der Waals surface area contributed by atoms with Crippen molar-refractivity contribution < 1.29 is 9.84 Å². The van der Waals surface area contributed by atoms with E-state index in [9.17, 15) is 5.11 Å². The second-order valence-corrected chi connectivity index (χ2v) is 9.09. The van der Waals surface area contributed by atoms with Crippen LogP contribution in [0.25, 0.3) is 6.08 Å². The first-order chi connectivity index (χ1) is 16.1. The van der Waals surface area contributed by atoms with Crippen LogP contribution in [0.15, 0.2) is 59.7 Å². The molecule has 2 aromatic rings.